The fourth-order valence-corrected chi connectivity index (χ4v) is 1.72. The highest BCUT2D eigenvalue weighted by Crippen LogP contribution is 2.29. The van der Waals surface area contributed by atoms with Crippen molar-refractivity contribution in [2.24, 2.45) is 5.73 Å². The third kappa shape index (κ3) is 3.02. The Labute approximate surface area is 117 Å². The summed E-state index contributed by atoms with van der Waals surface area (Å²) in [6.07, 6.45) is 1.48. The second-order valence-corrected chi connectivity index (χ2v) is 4.71. The van der Waals surface area contributed by atoms with E-state index in [1.54, 1.807) is 18.2 Å². The topological polar surface area (TPSA) is 48.1 Å². The third-order valence-electron chi connectivity index (χ3n) is 2.11. The van der Waals surface area contributed by atoms with Crippen molar-refractivity contribution in [1.82, 2.24) is 4.98 Å². The highest BCUT2D eigenvalue weighted by Gasteiger charge is 2.05. The summed E-state index contributed by atoms with van der Waals surface area (Å²) < 4.78 is 19.2. The van der Waals surface area contributed by atoms with E-state index < -0.39 is 0 Å². The Balaban J connectivity index is 2.23. The summed E-state index contributed by atoms with van der Waals surface area (Å²) in [6.45, 7) is 0. The molecule has 0 aliphatic rings. The summed E-state index contributed by atoms with van der Waals surface area (Å²) in [7, 11) is 0. The Kier molecular flexibility index (Phi) is 3.88. The zero-order valence-electron chi connectivity index (χ0n) is 9.06. The molecule has 6 heteroatoms. The zero-order chi connectivity index (χ0) is 13.1. The molecule has 0 saturated heterocycles. The number of ether oxygens (including phenoxy) is 1. The van der Waals surface area contributed by atoms with Gasteiger partial charge >= 0.3 is 0 Å². The Morgan fingerprint density at radius 3 is 2.72 bits per heavy atom. The molecule has 0 radical (unpaired) electrons. The number of benzene rings is 1. The number of halogens is 2. The fourth-order valence-electron chi connectivity index (χ4n) is 1.27. The van der Waals surface area contributed by atoms with Crippen LogP contribution in [0.2, 0.25) is 0 Å². The Morgan fingerprint density at radius 1 is 1.33 bits per heavy atom. The van der Waals surface area contributed by atoms with Crippen molar-refractivity contribution in [2.45, 2.75) is 0 Å². The quantitative estimate of drug-likeness (QED) is 0.878. The van der Waals surface area contributed by atoms with E-state index in [1.165, 1.54) is 18.3 Å². The number of thiocarbonyl (C=S) groups is 1. The molecule has 0 atom stereocenters. The van der Waals surface area contributed by atoms with Crippen molar-refractivity contribution in [1.29, 1.82) is 0 Å². The largest absolute Gasteiger partial charge is 0.454 e. The molecule has 2 N–H and O–H groups in total. The highest BCUT2D eigenvalue weighted by molar-refractivity contribution is 9.10. The zero-order valence-corrected chi connectivity index (χ0v) is 11.5. The molecule has 18 heavy (non-hydrogen) atoms. The van der Waals surface area contributed by atoms with E-state index in [0.29, 0.717) is 21.7 Å². The van der Waals surface area contributed by atoms with Crippen LogP contribution >= 0.6 is 28.1 Å². The van der Waals surface area contributed by atoms with Gasteiger partial charge in [-0.3, -0.25) is 0 Å². The first-order valence-corrected chi connectivity index (χ1v) is 6.15. The highest BCUT2D eigenvalue weighted by atomic mass is 79.9. The minimum absolute atomic E-state index is 0.216. The van der Waals surface area contributed by atoms with Gasteiger partial charge in [-0.1, -0.05) is 12.2 Å². The number of nitrogens with two attached hydrogens (primary N) is 1. The molecule has 0 unspecified atom stereocenters. The van der Waals surface area contributed by atoms with Crippen molar-refractivity contribution in [3.8, 4) is 11.5 Å². The van der Waals surface area contributed by atoms with E-state index >= 15 is 0 Å². The van der Waals surface area contributed by atoms with Crippen molar-refractivity contribution in [3.63, 3.8) is 0 Å². The van der Waals surface area contributed by atoms with Gasteiger partial charge in [-0.05, 0) is 40.2 Å². The lowest BCUT2D eigenvalue weighted by Crippen LogP contribution is -2.10. The summed E-state index contributed by atoms with van der Waals surface area (Å²) in [5, 5.41) is 0. The Bertz CT molecular complexity index is 589. The van der Waals surface area contributed by atoms with Crippen LogP contribution in [0.1, 0.15) is 5.69 Å². The molecular weight excluding hydrogens is 319 g/mol. The molecule has 1 heterocycles. The first kappa shape index (κ1) is 12.9. The van der Waals surface area contributed by atoms with E-state index in [9.17, 15) is 4.39 Å². The number of hydrogen-bond donors (Lipinski definition) is 1. The van der Waals surface area contributed by atoms with Crippen LogP contribution < -0.4 is 10.5 Å². The number of pyridine rings is 1. The average Bonchev–Trinajstić information content (AvgIpc) is 2.34. The van der Waals surface area contributed by atoms with Gasteiger partial charge in [-0.2, -0.15) is 0 Å². The van der Waals surface area contributed by atoms with Crippen molar-refractivity contribution in [3.05, 3.63) is 52.5 Å². The standard InChI is InChI=1S/C12H8BrFN2OS/c13-9-3-1-7(14)5-11(9)17-8-2-4-10(12(15)18)16-6-8/h1-6H,(H2,15,18). The summed E-state index contributed by atoms with van der Waals surface area (Å²) in [4.78, 5) is 4.24. The van der Waals surface area contributed by atoms with Crippen LogP contribution in [0.3, 0.4) is 0 Å². The Morgan fingerprint density at radius 2 is 2.11 bits per heavy atom. The fraction of sp³-hybridized carbons (Fsp3) is 0. The molecule has 0 aliphatic heterocycles. The molecule has 2 aromatic rings. The van der Waals surface area contributed by atoms with Crippen LogP contribution in [0.25, 0.3) is 0 Å². The van der Waals surface area contributed by atoms with Gasteiger partial charge in [0.15, 0.2) is 0 Å². The predicted molar refractivity (Wildman–Crippen MR) is 74.3 cm³/mol. The van der Waals surface area contributed by atoms with Gasteiger partial charge in [0.2, 0.25) is 0 Å². The summed E-state index contributed by atoms with van der Waals surface area (Å²) in [6, 6.07) is 7.50. The van der Waals surface area contributed by atoms with Crippen molar-refractivity contribution >= 4 is 33.1 Å². The molecule has 0 fully saturated rings. The molecule has 3 nitrogen and oxygen atoms in total. The van der Waals surface area contributed by atoms with Crippen LogP contribution in [0.4, 0.5) is 4.39 Å². The molecule has 2 rings (SSSR count). The van der Waals surface area contributed by atoms with Gasteiger partial charge in [-0.25, -0.2) is 9.37 Å². The lowest BCUT2D eigenvalue weighted by atomic mass is 10.3. The summed E-state index contributed by atoms with van der Waals surface area (Å²) in [5.41, 5.74) is 5.94. The van der Waals surface area contributed by atoms with Crippen molar-refractivity contribution in [2.75, 3.05) is 0 Å². The van der Waals surface area contributed by atoms with E-state index in [1.807, 2.05) is 0 Å². The van der Waals surface area contributed by atoms with Crippen LogP contribution in [0.5, 0.6) is 11.5 Å². The SMILES string of the molecule is NC(=S)c1ccc(Oc2cc(F)ccc2Br)cn1. The molecule has 92 valence electrons. The van der Waals surface area contributed by atoms with E-state index in [-0.39, 0.29) is 10.8 Å². The summed E-state index contributed by atoms with van der Waals surface area (Å²) >= 11 is 8.06. The normalized spacial score (nSPS) is 10.1. The second-order valence-electron chi connectivity index (χ2n) is 3.42. The van der Waals surface area contributed by atoms with Gasteiger partial charge < -0.3 is 10.5 Å². The van der Waals surface area contributed by atoms with E-state index in [0.717, 1.165) is 0 Å². The van der Waals surface area contributed by atoms with E-state index in [2.05, 4.69) is 20.9 Å². The first-order valence-electron chi connectivity index (χ1n) is 4.95. The molecule has 0 amide bonds. The number of aromatic nitrogens is 1. The smallest absolute Gasteiger partial charge is 0.145 e. The minimum Gasteiger partial charge on any atom is -0.454 e. The van der Waals surface area contributed by atoms with Gasteiger partial charge in [0.25, 0.3) is 0 Å². The lowest BCUT2D eigenvalue weighted by Gasteiger charge is -2.07. The van der Waals surface area contributed by atoms with Crippen molar-refractivity contribution < 1.29 is 9.13 Å². The van der Waals surface area contributed by atoms with Gasteiger partial charge in [0.05, 0.1) is 16.4 Å². The maximum atomic E-state index is 13.1. The second kappa shape index (κ2) is 5.41. The molecule has 1 aromatic carbocycles. The summed E-state index contributed by atoms with van der Waals surface area (Å²) in [5.74, 6) is 0.474. The number of hydrogen-bond acceptors (Lipinski definition) is 3. The van der Waals surface area contributed by atoms with E-state index in [4.69, 9.17) is 22.7 Å². The molecule has 0 saturated carbocycles. The molecule has 1 aromatic heterocycles. The van der Waals surface area contributed by atoms with Crippen LogP contribution in [0, 0.1) is 5.82 Å². The third-order valence-corrected chi connectivity index (χ3v) is 2.97. The monoisotopic (exact) mass is 326 g/mol. The maximum absolute atomic E-state index is 13.1. The minimum atomic E-state index is -0.374. The van der Waals surface area contributed by atoms with Gasteiger partial charge in [0.1, 0.15) is 22.3 Å². The first-order chi connectivity index (χ1) is 8.56. The van der Waals surface area contributed by atoms with Crippen LogP contribution in [0.15, 0.2) is 41.0 Å². The molecular formula is C12H8BrFN2OS. The Hall–Kier alpha value is -1.53. The number of rotatable bonds is 3. The van der Waals surface area contributed by atoms with Gasteiger partial charge in [0, 0.05) is 6.07 Å². The molecule has 0 bridgehead atoms. The van der Waals surface area contributed by atoms with Crippen LogP contribution in [-0.4, -0.2) is 9.97 Å². The molecule has 0 spiro atoms. The molecule has 0 aliphatic carbocycles. The van der Waals surface area contributed by atoms with Gasteiger partial charge in [-0.15, -0.1) is 0 Å². The van der Waals surface area contributed by atoms with Crippen LogP contribution in [-0.2, 0) is 0 Å². The predicted octanol–water partition coefficient (Wildman–Crippen LogP) is 3.41. The maximum Gasteiger partial charge on any atom is 0.145 e. The lowest BCUT2D eigenvalue weighted by molar-refractivity contribution is 0.471. The average molecular weight is 327 g/mol. The number of nitrogens with zero attached hydrogens (tertiary/aromatic N) is 1.